The molecule has 0 radical (unpaired) electrons. The quantitative estimate of drug-likeness (QED) is 0.494. The van der Waals surface area contributed by atoms with Gasteiger partial charge in [-0.05, 0) is 64.5 Å². The highest BCUT2D eigenvalue weighted by Crippen LogP contribution is 2.25. The molecule has 0 spiro atoms. The van der Waals surface area contributed by atoms with E-state index in [2.05, 4.69) is 15.5 Å². The summed E-state index contributed by atoms with van der Waals surface area (Å²) in [6, 6.07) is 9.69. The third-order valence-electron chi connectivity index (χ3n) is 6.19. The lowest BCUT2D eigenvalue weighted by atomic mass is 10.1. The lowest BCUT2D eigenvalue weighted by molar-refractivity contribution is -0.125. The summed E-state index contributed by atoms with van der Waals surface area (Å²) >= 11 is 0. The van der Waals surface area contributed by atoms with Crippen LogP contribution < -0.4 is 4.90 Å². The Labute approximate surface area is 195 Å². The molecule has 2 aromatic rings. The van der Waals surface area contributed by atoms with Crippen LogP contribution in [0.1, 0.15) is 53.1 Å². The van der Waals surface area contributed by atoms with E-state index in [1.165, 1.54) is 0 Å². The largest absolute Gasteiger partial charge is 0.462 e. The SMILES string of the molecule is CCOC(=O)c1c(/C=C/C(=O)N2CCCN(c3ccc(C#N)cc3)CC2)c(C)n(CC)c1C. The number of nitrogens with zero attached hydrogens (tertiary/aromatic N) is 4. The molecular formula is C26H32N4O3. The predicted octanol–water partition coefficient (Wildman–Crippen LogP) is 3.93. The van der Waals surface area contributed by atoms with E-state index in [1.54, 1.807) is 19.1 Å². The summed E-state index contributed by atoms with van der Waals surface area (Å²) in [4.78, 5) is 29.7. The van der Waals surface area contributed by atoms with Gasteiger partial charge in [0.15, 0.2) is 0 Å². The fraction of sp³-hybridized carbons (Fsp3) is 0.423. The first-order valence-corrected chi connectivity index (χ1v) is 11.5. The molecule has 3 rings (SSSR count). The van der Waals surface area contributed by atoms with Crippen molar-refractivity contribution < 1.29 is 14.3 Å². The van der Waals surface area contributed by atoms with Crippen LogP contribution in [-0.2, 0) is 16.1 Å². The number of esters is 1. The number of ether oxygens (including phenoxy) is 1. The first kappa shape index (κ1) is 24.1. The molecule has 1 fully saturated rings. The fourth-order valence-corrected chi connectivity index (χ4v) is 4.45. The number of benzene rings is 1. The fourth-order valence-electron chi connectivity index (χ4n) is 4.45. The second-order valence-corrected chi connectivity index (χ2v) is 8.08. The summed E-state index contributed by atoms with van der Waals surface area (Å²) in [5, 5.41) is 8.99. The molecule has 7 nitrogen and oxygen atoms in total. The van der Waals surface area contributed by atoms with Gasteiger partial charge in [0, 0.05) is 61.4 Å². The number of hydrogen-bond acceptors (Lipinski definition) is 5. The van der Waals surface area contributed by atoms with Gasteiger partial charge in [-0.2, -0.15) is 5.26 Å². The van der Waals surface area contributed by atoms with E-state index in [4.69, 9.17) is 10.00 Å². The number of aromatic nitrogens is 1. The number of carbonyl (C=O) groups excluding carboxylic acids is 2. The monoisotopic (exact) mass is 448 g/mol. The van der Waals surface area contributed by atoms with Crippen LogP contribution in [0.4, 0.5) is 5.69 Å². The van der Waals surface area contributed by atoms with Gasteiger partial charge in [-0.3, -0.25) is 4.79 Å². The van der Waals surface area contributed by atoms with Crippen molar-refractivity contribution in [2.45, 2.75) is 40.7 Å². The molecule has 0 bridgehead atoms. The van der Waals surface area contributed by atoms with Crippen molar-refractivity contribution in [3.05, 3.63) is 58.4 Å². The zero-order chi connectivity index (χ0) is 24.0. The van der Waals surface area contributed by atoms with E-state index in [9.17, 15) is 9.59 Å². The number of hydrogen-bond donors (Lipinski definition) is 0. The molecule has 0 saturated carbocycles. The van der Waals surface area contributed by atoms with E-state index in [1.807, 2.05) is 49.9 Å². The van der Waals surface area contributed by atoms with Gasteiger partial charge in [0.1, 0.15) is 0 Å². The summed E-state index contributed by atoms with van der Waals surface area (Å²) in [7, 11) is 0. The van der Waals surface area contributed by atoms with Gasteiger partial charge in [-0.25, -0.2) is 4.79 Å². The maximum Gasteiger partial charge on any atom is 0.340 e. The Morgan fingerprint density at radius 3 is 2.42 bits per heavy atom. The Hall–Kier alpha value is -3.53. The molecular weight excluding hydrogens is 416 g/mol. The maximum absolute atomic E-state index is 13.0. The van der Waals surface area contributed by atoms with Gasteiger partial charge >= 0.3 is 5.97 Å². The maximum atomic E-state index is 13.0. The Kier molecular flexibility index (Phi) is 7.94. The molecule has 0 N–H and O–H groups in total. The lowest BCUT2D eigenvalue weighted by Crippen LogP contribution is -2.34. The standard InChI is InChI=1S/C26H32N4O3/c1-5-30-19(3)23(25(20(30)4)26(32)33-6-2)12-13-24(31)29-15-7-14-28(16-17-29)22-10-8-21(18-27)9-11-22/h8-13H,5-7,14-17H2,1-4H3/b13-12+. The average Bonchev–Trinajstić information content (AvgIpc) is 2.96. The molecule has 174 valence electrons. The first-order valence-electron chi connectivity index (χ1n) is 11.5. The molecule has 2 heterocycles. The van der Waals surface area contributed by atoms with Crippen molar-refractivity contribution in [2.24, 2.45) is 0 Å². The van der Waals surface area contributed by atoms with Gasteiger partial charge in [-0.15, -0.1) is 0 Å². The van der Waals surface area contributed by atoms with Gasteiger partial charge < -0.3 is 19.1 Å². The number of amides is 1. The summed E-state index contributed by atoms with van der Waals surface area (Å²) < 4.78 is 7.33. The van der Waals surface area contributed by atoms with Gasteiger partial charge in [0.25, 0.3) is 0 Å². The van der Waals surface area contributed by atoms with Crippen molar-refractivity contribution in [3.8, 4) is 6.07 Å². The van der Waals surface area contributed by atoms with Crippen LogP contribution in [0.5, 0.6) is 0 Å². The molecule has 1 aromatic carbocycles. The zero-order valence-corrected chi connectivity index (χ0v) is 19.9. The predicted molar refractivity (Wildman–Crippen MR) is 129 cm³/mol. The van der Waals surface area contributed by atoms with Gasteiger partial charge in [0.2, 0.25) is 5.91 Å². The molecule has 1 saturated heterocycles. The van der Waals surface area contributed by atoms with Gasteiger partial charge in [0.05, 0.1) is 23.8 Å². The van der Waals surface area contributed by atoms with Crippen molar-refractivity contribution in [3.63, 3.8) is 0 Å². The number of anilines is 1. The molecule has 1 aliphatic rings. The van der Waals surface area contributed by atoms with E-state index in [0.29, 0.717) is 30.8 Å². The second kappa shape index (κ2) is 10.9. The molecule has 0 atom stereocenters. The number of nitriles is 1. The van der Waals surface area contributed by atoms with Crippen LogP contribution in [0.3, 0.4) is 0 Å². The minimum absolute atomic E-state index is 0.0622. The molecule has 1 aliphatic heterocycles. The third kappa shape index (κ3) is 5.28. The van der Waals surface area contributed by atoms with Crippen LogP contribution >= 0.6 is 0 Å². The molecule has 7 heteroatoms. The molecule has 0 aliphatic carbocycles. The smallest absolute Gasteiger partial charge is 0.340 e. The van der Waals surface area contributed by atoms with Crippen molar-refractivity contribution in [2.75, 3.05) is 37.7 Å². The van der Waals surface area contributed by atoms with Crippen molar-refractivity contribution in [1.82, 2.24) is 9.47 Å². The van der Waals surface area contributed by atoms with Crippen molar-refractivity contribution >= 4 is 23.6 Å². The van der Waals surface area contributed by atoms with Crippen LogP contribution in [0, 0.1) is 25.2 Å². The summed E-state index contributed by atoms with van der Waals surface area (Å²) in [6.07, 6.45) is 4.19. The summed E-state index contributed by atoms with van der Waals surface area (Å²) in [6.45, 7) is 11.6. The van der Waals surface area contributed by atoms with Crippen molar-refractivity contribution in [1.29, 1.82) is 5.26 Å². The highest BCUT2D eigenvalue weighted by atomic mass is 16.5. The second-order valence-electron chi connectivity index (χ2n) is 8.08. The Bertz CT molecular complexity index is 1080. The number of rotatable bonds is 6. The minimum atomic E-state index is -0.356. The van der Waals surface area contributed by atoms with E-state index < -0.39 is 0 Å². The zero-order valence-electron chi connectivity index (χ0n) is 19.9. The first-order chi connectivity index (χ1) is 15.9. The molecule has 0 unspecified atom stereocenters. The lowest BCUT2D eigenvalue weighted by Gasteiger charge is -2.23. The highest BCUT2D eigenvalue weighted by molar-refractivity contribution is 5.98. The highest BCUT2D eigenvalue weighted by Gasteiger charge is 2.23. The Morgan fingerprint density at radius 2 is 1.79 bits per heavy atom. The van der Waals surface area contributed by atoms with E-state index in [-0.39, 0.29) is 11.9 Å². The molecule has 1 amide bonds. The van der Waals surface area contributed by atoms with Crippen LogP contribution in [0.2, 0.25) is 0 Å². The topological polar surface area (TPSA) is 78.6 Å². The van der Waals surface area contributed by atoms with E-state index >= 15 is 0 Å². The minimum Gasteiger partial charge on any atom is -0.462 e. The Morgan fingerprint density at radius 1 is 1.06 bits per heavy atom. The Balaban J connectivity index is 1.74. The van der Waals surface area contributed by atoms with Crippen LogP contribution in [0.15, 0.2) is 30.3 Å². The average molecular weight is 449 g/mol. The van der Waals surface area contributed by atoms with Gasteiger partial charge in [-0.1, -0.05) is 0 Å². The summed E-state index contributed by atoms with van der Waals surface area (Å²) in [5.41, 5.74) is 4.78. The summed E-state index contributed by atoms with van der Waals surface area (Å²) in [5.74, 6) is -0.419. The number of carbonyl (C=O) groups is 2. The van der Waals surface area contributed by atoms with Crippen LogP contribution in [0.25, 0.3) is 6.08 Å². The van der Waals surface area contributed by atoms with Crippen LogP contribution in [-0.4, -0.2) is 54.1 Å². The normalized spacial score (nSPS) is 14.3. The van der Waals surface area contributed by atoms with E-state index in [0.717, 1.165) is 48.7 Å². The molecule has 33 heavy (non-hydrogen) atoms. The molecule has 1 aromatic heterocycles. The third-order valence-corrected chi connectivity index (χ3v) is 6.19.